The predicted octanol–water partition coefficient (Wildman–Crippen LogP) is 0.407. The lowest BCUT2D eigenvalue weighted by molar-refractivity contribution is 0.0954. The van der Waals surface area contributed by atoms with Gasteiger partial charge in [-0.3, -0.25) is 19.4 Å². The Balaban J connectivity index is 2.08. The van der Waals surface area contributed by atoms with Crippen molar-refractivity contribution in [1.82, 2.24) is 14.0 Å². The van der Waals surface area contributed by atoms with Crippen LogP contribution in [0.5, 0.6) is 0 Å². The monoisotopic (exact) mass is 339 g/mol. The number of carbonyl (C=O) groups is 1. The molecule has 0 bridgehead atoms. The molecule has 8 heteroatoms. The smallest absolute Gasteiger partial charge is 0.267 e. The summed E-state index contributed by atoms with van der Waals surface area (Å²) in [7, 11) is 0. The van der Waals surface area contributed by atoms with E-state index >= 15 is 0 Å². The van der Waals surface area contributed by atoms with Crippen LogP contribution in [0.25, 0.3) is 16.7 Å². The van der Waals surface area contributed by atoms with Gasteiger partial charge in [0, 0.05) is 12.8 Å². The summed E-state index contributed by atoms with van der Waals surface area (Å²) in [5.74, 6) is -0.745. The van der Waals surface area contributed by atoms with Gasteiger partial charge in [0.15, 0.2) is 0 Å². The average molecular weight is 339 g/mol. The van der Waals surface area contributed by atoms with E-state index in [1.54, 1.807) is 29.0 Å². The van der Waals surface area contributed by atoms with Gasteiger partial charge in [-0.25, -0.2) is 4.98 Å². The Bertz CT molecular complexity index is 1110. The lowest BCUT2D eigenvalue weighted by Gasteiger charge is -2.16. The maximum absolute atomic E-state index is 12.8. The molecule has 128 valence electrons. The number of pyridine rings is 2. The van der Waals surface area contributed by atoms with Gasteiger partial charge in [0.25, 0.3) is 11.5 Å². The van der Waals surface area contributed by atoms with Crippen molar-refractivity contribution in [1.29, 1.82) is 5.41 Å². The number of amides is 1. The quantitative estimate of drug-likeness (QED) is 0.672. The largest absolute Gasteiger partial charge is 0.376 e. The third kappa shape index (κ3) is 2.51. The second-order valence-corrected chi connectivity index (χ2v) is 6.10. The van der Waals surface area contributed by atoms with Crippen LogP contribution in [0.3, 0.4) is 0 Å². The van der Waals surface area contributed by atoms with Gasteiger partial charge in [-0.1, -0.05) is 6.07 Å². The summed E-state index contributed by atoms with van der Waals surface area (Å²) < 4.78 is 8.61. The van der Waals surface area contributed by atoms with Crippen molar-refractivity contribution in [2.75, 3.05) is 6.61 Å². The fraction of sp³-hybridized carbons (Fsp3) is 0.294. The molecule has 3 aromatic rings. The van der Waals surface area contributed by atoms with Gasteiger partial charge in [-0.2, -0.15) is 0 Å². The molecule has 1 fully saturated rings. The Kier molecular flexibility index (Phi) is 3.61. The molecular formula is C17H17N5O3. The van der Waals surface area contributed by atoms with E-state index in [1.807, 2.05) is 0 Å². The van der Waals surface area contributed by atoms with E-state index in [0.717, 1.165) is 12.8 Å². The van der Waals surface area contributed by atoms with Gasteiger partial charge >= 0.3 is 0 Å². The number of carbonyl (C=O) groups excluding carboxylic acids is 1. The van der Waals surface area contributed by atoms with E-state index in [4.69, 9.17) is 15.9 Å². The number of primary amides is 1. The van der Waals surface area contributed by atoms with Crippen molar-refractivity contribution in [3.63, 3.8) is 0 Å². The molecular weight excluding hydrogens is 322 g/mol. The first-order chi connectivity index (χ1) is 12.1. The lowest BCUT2D eigenvalue weighted by Crippen LogP contribution is -2.34. The van der Waals surface area contributed by atoms with Crippen LogP contribution in [-0.4, -0.2) is 32.6 Å². The predicted molar refractivity (Wildman–Crippen MR) is 90.3 cm³/mol. The molecule has 0 aliphatic carbocycles. The van der Waals surface area contributed by atoms with Gasteiger partial charge in [0.1, 0.15) is 16.8 Å². The topological polar surface area (TPSA) is 115 Å². The molecule has 1 amide bonds. The van der Waals surface area contributed by atoms with Crippen LogP contribution < -0.4 is 16.8 Å². The molecule has 1 saturated heterocycles. The molecule has 4 rings (SSSR count). The molecule has 1 aliphatic heterocycles. The molecule has 0 radical (unpaired) electrons. The number of hydrogen-bond donors (Lipinski definition) is 2. The van der Waals surface area contributed by atoms with Crippen LogP contribution in [0.4, 0.5) is 0 Å². The lowest BCUT2D eigenvalue weighted by atomic mass is 10.2. The number of hydrogen-bond acceptors (Lipinski definition) is 5. The highest BCUT2D eigenvalue weighted by atomic mass is 16.5. The maximum atomic E-state index is 12.8. The summed E-state index contributed by atoms with van der Waals surface area (Å²) in [6.07, 6.45) is 3.36. The molecule has 25 heavy (non-hydrogen) atoms. The highest BCUT2D eigenvalue weighted by molar-refractivity contribution is 5.95. The molecule has 3 aromatic heterocycles. The van der Waals surface area contributed by atoms with Crippen molar-refractivity contribution in [3.8, 4) is 0 Å². The minimum Gasteiger partial charge on any atom is -0.376 e. The zero-order chi connectivity index (χ0) is 17.6. The standard InChI is InChI=1S/C17H17N5O3/c18-14-11(15(19)23)8-12-16(22(14)9-10-4-3-7-25-10)20-13-5-1-2-6-21(13)17(12)24/h1-2,5-6,8,10,18H,3-4,7,9H2,(H2,19,23). The summed E-state index contributed by atoms with van der Waals surface area (Å²) >= 11 is 0. The molecule has 1 atom stereocenters. The van der Waals surface area contributed by atoms with E-state index < -0.39 is 5.91 Å². The van der Waals surface area contributed by atoms with Gasteiger partial charge in [0.2, 0.25) is 0 Å². The Morgan fingerprint density at radius 2 is 2.28 bits per heavy atom. The van der Waals surface area contributed by atoms with Gasteiger partial charge in [-0.05, 0) is 31.0 Å². The number of rotatable bonds is 3. The maximum Gasteiger partial charge on any atom is 0.267 e. The molecule has 4 heterocycles. The highest BCUT2D eigenvalue weighted by Gasteiger charge is 2.21. The van der Waals surface area contributed by atoms with E-state index in [2.05, 4.69) is 4.98 Å². The first-order valence-corrected chi connectivity index (χ1v) is 8.07. The SMILES string of the molecule is N=c1c(C(N)=O)cc2c(=O)n3ccccc3nc2n1CC1CCCO1. The van der Waals surface area contributed by atoms with E-state index in [0.29, 0.717) is 24.4 Å². The molecule has 1 aliphatic rings. The van der Waals surface area contributed by atoms with E-state index in [9.17, 15) is 9.59 Å². The second kappa shape index (κ2) is 5.82. The van der Waals surface area contributed by atoms with E-state index in [-0.39, 0.29) is 28.1 Å². The Labute approximate surface area is 142 Å². The minimum absolute atomic E-state index is 0.000257. The first-order valence-electron chi connectivity index (χ1n) is 8.07. The van der Waals surface area contributed by atoms with Crippen molar-refractivity contribution in [2.45, 2.75) is 25.5 Å². The molecule has 0 aromatic carbocycles. The number of fused-ring (bicyclic) bond motifs is 2. The molecule has 3 N–H and O–H groups in total. The minimum atomic E-state index is -0.745. The van der Waals surface area contributed by atoms with Crippen LogP contribution >= 0.6 is 0 Å². The summed E-state index contributed by atoms with van der Waals surface area (Å²) in [5, 5.41) is 8.62. The normalized spacial score (nSPS) is 17.4. The van der Waals surface area contributed by atoms with Gasteiger partial charge < -0.3 is 15.0 Å². The first kappa shape index (κ1) is 15.5. The van der Waals surface area contributed by atoms with Crippen molar-refractivity contribution in [2.24, 2.45) is 5.73 Å². The molecule has 0 saturated carbocycles. The number of ether oxygens (including phenoxy) is 1. The van der Waals surface area contributed by atoms with Gasteiger partial charge in [0.05, 0.1) is 23.6 Å². The molecule has 0 spiro atoms. The zero-order valence-electron chi connectivity index (χ0n) is 13.4. The highest BCUT2D eigenvalue weighted by Crippen LogP contribution is 2.16. The number of nitrogens with zero attached hydrogens (tertiary/aromatic N) is 3. The third-order valence-corrected chi connectivity index (χ3v) is 4.49. The number of aromatic nitrogens is 3. The fourth-order valence-electron chi connectivity index (χ4n) is 3.24. The van der Waals surface area contributed by atoms with Crippen LogP contribution in [0, 0.1) is 5.41 Å². The van der Waals surface area contributed by atoms with Crippen LogP contribution in [-0.2, 0) is 11.3 Å². The zero-order valence-corrected chi connectivity index (χ0v) is 13.4. The molecule has 8 nitrogen and oxygen atoms in total. The summed E-state index contributed by atoms with van der Waals surface area (Å²) in [5.41, 5.74) is 5.90. The van der Waals surface area contributed by atoms with Crippen molar-refractivity contribution < 1.29 is 9.53 Å². The average Bonchev–Trinajstić information content (AvgIpc) is 3.11. The van der Waals surface area contributed by atoms with Crippen LogP contribution in [0.2, 0.25) is 0 Å². The number of nitrogens with two attached hydrogens (primary N) is 1. The Hall–Kier alpha value is -3.00. The Morgan fingerprint density at radius 1 is 1.44 bits per heavy atom. The van der Waals surface area contributed by atoms with Crippen molar-refractivity contribution in [3.05, 3.63) is 51.9 Å². The fourth-order valence-corrected chi connectivity index (χ4v) is 3.24. The van der Waals surface area contributed by atoms with Crippen LogP contribution in [0.15, 0.2) is 35.3 Å². The van der Waals surface area contributed by atoms with Crippen molar-refractivity contribution >= 4 is 22.6 Å². The number of nitrogens with one attached hydrogen (secondary N) is 1. The van der Waals surface area contributed by atoms with Crippen LogP contribution in [0.1, 0.15) is 23.2 Å². The second-order valence-electron chi connectivity index (χ2n) is 6.10. The summed E-state index contributed by atoms with van der Waals surface area (Å²) in [4.78, 5) is 29.1. The summed E-state index contributed by atoms with van der Waals surface area (Å²) in [6, 6.07) is 6.61. The third-order valence-electron chi connectivity index (χ3n) is 4.49. The van der Waals surface area contributed by atoms with Gasteiger partial charge in [-0.15, -0.1) is 0 Å². The Morgan fingerprint density at radius 3 is 3.00 bits per heavy atom. The van der Waals surface area contributed by atoms with E-state index in [1.165, 1.54) is 10.5 Å². The molecule has 1 unspecified atom stereocenters. The summed E-state index contributed by atoms with van der Waals surface area (Å²) in [6.45, 7) is 1.02.